The molecular weight excluding hydrogens is 181 g/mol. The first-order valence-electron chi connectivity index (χ1n) is 4.49. The number of nitrogens with zero attached hydrogens (tertiary/aromatic N) is 1. The zero-order valence-electron chi connectivity index (χ0n) is 8.62. The molecule has 14 heavy (non-hydrogen) atoms. The van der Waals surface area contributed by atoms with E-state index in [1.807, 2.05) is 0 Å². The average Bonchev–Trinajstić information content (AvgIpc) is 2.15. The van der Waals surface area contributed by atoms with Crippen molar-refractivity contribution in [2.45, 2.75) is 12.8 Å². The van der Waals surface area contributed by atoms with Gasteiger partial charge in [0.2, 0.25) is 5.91 Å². The first-order chi connectivity index (χ1) is 6.52. The summed E-state index contributed by atoms with van der Waals surface area (Å²) in [6, 6.07) is 6.14. The van der Waals surface area contributed by atoms with E-state index in [1.165, 1.54) is 17.0 Å². The molecule has 0 fully saturated rings. The molecule has 76 valence electrons. The van der Waals surface area contributed by atoms with Gasteiger partial charge < -0.3 is 4.90 Å². The van der Waals surface area contributed by atoms with Gasteiger partial charge in [0.25, 0.3) is 0 Å². The van der Waals surface area contributed by atoms with Gasteiger partial charge in [-0.05, 0) is 24.6 Å². The van der Waals surface area contributed by atoms with Crippen LogP contribution in [0.3, 0.4) is 0 Å². The highest BCUT2D eigenvalue weighted by molar-refractivity contribution is 5.82. The third kappa shape index (κ3) is 2.31. The Morgan fingerprint density at radius 2 is 2.07 bits per heavy atom. The Morgan fingerprint density at radius 3 is 2.57 bits per heavy atom. The number of rotatable bonds is 2. The summed E-state index contributed by atoms with van der Waals surface area (Å²) in [5.41, 5.74) is 0.712. The number of halogens is 1. The predicted octanol–water partition coefficient (Wildman–Crippen LogP) is 2.02. The monoisotopic (exact) mass is 195 g/mol. The highest BCUT2D eigenvalue weighted by Gasteiger charge is 2.16. The van der Waals surface area contributed by atoms with E-state index in [2.05, 4.69) is 0 Å². The molecule has 1 amide bonds. The van der Waals surface area contributed by atoms with Gasteiger partial charge in [0.05, 0.1) is 5.92 Å². The molecule has 0 saturated carbocycles. The molecule has 0 bridgehead atoms. The minimum Gasteiger partial charge on any atom is -0.348 e. The lowest BCUT2D eigenvalue weighted by atomic mass is 10.00. The van der Waals surface area contributed by atoms with Crippen LogP contribution in [0.5, 0.6) is 0 Å². The molecule has 0 N–H and O–H groups in total. The smallest absolute Gasteiger partial charge is 0.229 e. The lowest BCUT2D eigenvalue weighted by molar-refractivity contribution is -0.129. The van der Waals surface area contributed by atoms with Crippen LogP contribution in [0.15, 0.2) is 24.3 Å². The fraction of sp³-hybridized carbons (Fsp3) is 0.364. The van der Waals surface area contributed by atoms with E-state index in [-0.39, 0.29) is 17.6 Å². The first-order valence-corrected chi connectivity index (χ1v) is 4.49. The van der Waals surface area contributed by atoms with Gasteiger partial charge in [-0.25, -0.2) is 4.39 Å². The molecule has 0 heterocycles. The second kappa shape index (κ2) is 4.22. The zero-order chi connectivity index (χ0) is 10.7. The van der Waals surface area contributed by atoms with Crippen molar-refractivity contribution >= 4 is 5.91 Å². The predicted molar refractivity (Wildman–Crippen MR) is 53.5 cm³/mol. The summed E-state index contributed by atoms with van der Waals surface area (Å²) in [5, 5.41) is 0. The number of carbonyl (C=O) groups is 1. The molecule has 0 aromatic heterocycles. The van der Waals surface area contributed by atoms with E-state index < -0.39 is 0 Å². The minimum absolute atomic E-state index is 0.0180. The zero-order valence-corrected chi connectivity index (χ0v) is 8.62. The normalized spacial score (nSPS) is 12.3. The van der Waals surface area contributed by atoms with Gasteiger partial charge in [-0.1, -0.05) is 12.1 Å². The lowest BCUT2D eigenvalue weighted by Gasteiger charge is -2.16. The highest BCUT2D eigenvalue weighted by atomic mass is 19.1. The van der Waals surface area contributed by atoms with Crippen molar-refractivity contribution in [2.24, 2.45) is 0 Å². The number of carbonyl (C=O) groups excluding carboxylic acids is 1. The molecule has 3 heteroatoms. The van der Waals surface area contributed by atoms with Gasteiger partial charge in [0.15, 0.2) is 0 Å². The van der Waals surface area contributed by atoms with Crippen molar-refractivity contribution in [2.75, 3.05) is 14.1 Å². The average molecular weight is 195 g/mol. The molecule has 1 aromatic rings. The van der Waals surface area contributed by atoms with Crippen LogP contribution >= 0.6 is 0 Å². The Hall–Kier alpha value is -1.38. The maximum atomic E-state index is 12.9. The first kappa shape index (κ1) is 10.7. The van der Waals surface area contributed by atoms with Crippen LogP contribution in [-0.4, -0.2) is 24.9 Å². The summed E-state index contributed by atoms with van der Waals surface area (Å²) in [5.74, 6) is -0.614. The fourth-order valence-electron chi connectivity index (χ4n) is 1.31. The molecular formula is C11H14FNO. The van der Waals surface area contributed by atoms with E-state index in [9.17, 15) is 9.18 Å². The topological polar surface area (TPSA) is 20.3 Å². The molecule has 0 aliphatic heterocycles. The maximum Gasteiger partial charge on any atom is 0.229 e. The number of hydrogen-bond acceptors (Lipinski definition) is 1. The molecule has 0 aliphatic carbocycles. The van der Waals surface area contributed by atoms with Crippen LogP contribution in [-0.2, 0) is 4.79 Å². The maximum absolute atomic E-state index is 12.9. The van der Waals surface area contributed by atoms with Crippen molar-refractivity contribution in [1.82, 2.24) is 4.90 Å². The molecule has 0 radical (unpaired) electrons. The summed E-state index contributed by atoms with van der Waals surface area (Å²) in [6.45, 7) is 1.77. The number of likely N-dealkylation sites (N-methyl/N-ethyl adjacent to an activating group) is 1. The van der Waals surface area contributed by atoms with E-state index in [1.54, 1.807) is 33.2 Å². The van der Waals surface area contributed by atoms with E-state index in [4.69, 9.17) is 0 Å². The molecule has 1 aromatic carbocycles. The molecule has 1 unspecified atom stereocenters. The van der Waals surface area contributed by atoms with Crippen LogP contribution in [0.2, 0.25) is 0 Å². The van der Waals surface area contributed by atoms with E-state index in [0.29, 0.717) is 5.56 Å². The van der Waals surface area contributed by atoms with Gasteiger partial charge in [0.1, 0.15) is 5.82 Å². The Kier molecular flexibility index (Phi) is 3.23. The van der Waals surface area contributed by atoms with Crippen LogP contribution in [0.1, 0.15) is 18.4 Å². The van der Waals surface area contributed by atoms with Crippen molar-refractivity contribution < 1.29 is 9.18 Å². The number of benzene rings is 1. The second-order valence-electron chi connectivity index (χ2n) is 3.51. The van der Waals surface area contributed by atoms with Gasteiger partial charge in [-0.2, -0.15) is 0 Å². The SMILES string of the molecule is CC(C(=O)N(C)C)c1cccc(F)c1. The van der Waals surface area contributed by atoms with Crippen molar-refractivity contribution in [3.05, 3.63) is 35.6 Å². The van der Waals surface area contributed by atoms with Gasteiger partial charge in [0, 0.05) is 14.1 Å². The molecule has 0 aliphatic rings. The van der Waals surface area contributed by atoms with E-state index >= 15 is 0 Å². The van der Waals surface area contributed by atoms with Crippen LogP contribution in [0.25, 0.3) is 0 Å². The van der Waals surface area contributed by atoms with Crippen molar-refractivity contribution in [1.29, 1.82) is 0 Å². The third-order valence-corrected chi connectivity index (χ3v) is 2.16. The third-order valence-electron chi connectivity index (χ3n) is 2.16. The van der Waals surface area contributed by atoms with Gasteiger partial charge >= 0.3 is 0 Å². The van der Waals surface area contributed by atoms with Crippen LogP contribution in [0.4, 0.5) is 4.39 Å². The molecule has 1 rings (SSSR count). The summed E-state index contributed by atoms with van der Waals surface area (Å²) < 4.78 is 12.9. The largest absolute Gasteiger partial charge is 0.348 e. The van der Waals surface area contributed by atoms with Gasteiger partial charge in [-0.15, -0.1) is 0 Å². The summed E-state index contributed by atoms with van der Waals surface area (Å²) in [6.07, 6.45) is 0. The lowest BCUT2D eigenvalue weighted by Crippen LogP contribution is -2.26. The van der Waals surface area contributed by atoms with E-state index in [0.717, 1.165) is 0 Å². The van der Waals surface area contributed by atoms with Crippen LogP contribution < -0.4 is 0 Å². The van der Waals surface area contributed by atoms with Crippen molar-refractivity contribution in [3.8, 4) is 0 Å². The Balaban J connectivity index is 2.89. The Labute approximate surface area is 83.3 Å². The van der Waals surface area contributed by atoms with Crippen molar-refractivity contribution in [3.63, 3.8) is 0 Å². The second-order valence-corrected chi connectivity index (χ2v) is 3.51. The van der Waals surface area contributed by atoms with Crippen LogP contribution in [0, 0.1) is 5.82 Å². The summed E-state index contributed by atoms with van der Waals surface area (Å²) in [7, 11) is 3.39. The molecule has 1 atom stereocenters. The standard InChI is InChI=1S/C11H14FNO/c1-8(11(14)13(2)3)9-5-4-6-10(12)7-9/h4-8H,1-3H3. The summed E-state index contributed by atoms with van der Waals surface area (Å²) in [4.78, 5) is 13.1. The molecule has 2 nitrogen and oxygen atoms in total. The van der Waals surface area contributed by atoms with Gasteiger partial charge in [-0.3, -0.25) is 4.79 Å². The quantitative estimate of drug-likeness (QED) is 0.707. The Bertz CT molecular complexity index is 336. The number of amides is 1. The molecule has 0 saturated heterocycles. The highest BCUT2D eigenvalue weighted by Crippen LogP contribution is 2.17. The molecule has 0 spiro atoms. The Morgan fingerprint density at radius 1 is 1.43 bits per heavy atom. The minimum atomic E-state index is -0.305. The fourth-order valence-corrected chi connectivity index (χ4v) is 1.31. The number of hydrogen-bond donors (Lipinski definition) is 0. The summed E-state index contributed by atoms with van der Waals surface area (Å²) >= 11 is 0.